The number of hydrogen-bond acceptors (Lipinski definition) is 6. The molecule has 1 aliphatic heterocycles. The molecule has 1 fully saturated rings. The summed E-state index contributed by atoms with van der Waals surface area (Å²) in [5, 5.41) is 26.1. The minimum Gasteiger partial charge on any atom is -0.394 e. The first-order chi connectivity index (χ1) is 5.57. The molecule has 12 heavy (non-hydrogen) atoms. The molecule has 0 aliphatic carbocycles. The number of rotatable bonds is 2. The Hall–Kier alpha value is -0.390. The molecule has 0 saturated carbocycles. The lowest BCUT2D eigenvalue weighted by molar-refractivity contribution is -0.141. The second kappa shape index (κ2) is 3.55. The molecule has 68 valence electrons. The molecule has 4 atom stereocenters. The molecule has 7 heteroatoms. The highest BCUT2D eigenvalue weighted by Gasteiger charge is 2.56. The Balaban J connectivity index is 2.71. The van der Waals surface area contributed by atoms with E-state index in [2.05, 4.69) is 4.74 Å². The standard InChI is InChI=1S/C5H8O6P/c6-1-2(7)3-4(8)12(10)5(9)11-3/h2-3,5-7,9H,1H2/q+1/t2-,3+,5?/m0/s1. The van der Waals surface area contributed by atoms with Crippen molar-refractivity contribution < 1.29 is 29.4 Å². The van der Waals surface area contributed by atoms with Crippen molar-refractivity contribution >= 4 is 13.3 Å². The summed E-state index contributed by atoms with van der Waals surface area (Å²) in [6, 6.07) is -1.65. The second-order valence-electron chi connectivity index (χ2n) is 2.30. The van der Waals surface area contributed by atoms with Crippen LogP contribution in [0.2, 0.25) is 0 Å². The van der Waals surface area contributed by atoms with E-state index in [1.165, 1.54) is 0 Å². The largest absolute Gasteiger partial charge is 0.480 e. The van der Waals surface area contributed by atoms with E-state index in [0.29, 0.717) is 0 Å². The molecule has 6 nitrogen and oxygen atoms in total. The summed E-state index contributed by atoms with van der Waals surface area (Å²) in [6.07, 6.45) is -2.79. The number of hydrogen-bond donors (Lipinski definition) is 3. The average molecular weight is 195 g/mol. The van der Waals surface area contributed by atoms with Crippen LogP contribution in [0.15, 0.2) is 0 Å². The maximum absolute atomic E-state index is 10.9. The fourth-order valence-corrected chi connectivity index (χ4v) is 1.77. The molecule has 1 heterocycles. The fraction of sp³-hybridized carbons (Fsp3) is 0.800. The van der Waals surface area contributed by atoms with Crippen molar-refractivity contribution in [3.05, 3.63) is 0 Å². The Bertz CT molecular complexity index is 216. The van der Waals surface area contributed by atoms with Gasteiger partial charge in [-0.1, -0.05) is 4.57 Å². The van der Waals surface area contributed by atoms with Crippen molar-refractivity contribution in [3.63, 3.8) is 0 Å². The first-order valence-corrected chi connectivity index (χ1v) is 4.53. The molecule has 1 aliphatic rings. The number of aliphatic hydroxyl groups is 3. The van der Waals surface area contributed by atoms with Gasteiger partial charge in [0.05, 0.1) is 6.61 Å². The molecule has 1 saturated heterocycles. The van der Waals surface area contributed by atoms with Gasteiger partial charge in [0.1, 0.15) is 6.10 Å². The fourth-order valence-electron chi connectivity index (χ4n) is 0.830. The molecule has 1 rings (SSSR count). The summed E-state index contributed by atoms with van der Waals surface area (Å²) in [6.45, 7) is -0.674. The van der Waals surface area contributed by atoms with E-state index in [0.717, 1.165) is 0 Å². The predicted molar refractivity (Wildman–Crippen MR) is 36.6 cm³/mol. The third kappa shape index (κ3) is 1.53. The van der Waals surface area contributed by atoms with E-state index in [1.54, 1.807) is 0 Å². The molecule has 0 spiro atoms. The average Bonchev–Trinajstić information content (AvgIpc) is 2.32. The molecule has 2 unspecified atom stereocenters. The van der Waals surface area contributed by atoms with Gasteiger partial charge in [0.15, 0.2) is 0 Å². The lowest BCUT2D eigenvalue weighted by Gasteiger charge is -2.08. The summed E-state index contributed by atoms with van der Waals surface area (Å²) in [5.74, 6) is 0. The second-order valence-corrected chi connectivity index (χ2v) is 3.83. The molecule has 0 aromatic rings. The molecule has 0 radical (unpaired) electrons. The monoisotopic (exact) mass is 195 g/mol. The number of aliphatic hydroxyl groups excluding tert-OH is 3. The third-order valence-corrected chi connectivity index (χ3v) is 2.68. The van der Waals surface area contributed by atoms with E-state index in [-0.39, 0.29) is 0 Å². The van der Waals surface area contributed by atoms with Gasteiger partial charge >= 0.3 is 19.4 Å². The minimum absolute atomic E-state index is 0.674. The van der Waals surface area contributed by atoms with Gasteiger partial charge in [-0.2, -0.15) is 0 Å². The topological polar surface area (TPSA) is 104 Å². The Morgan fingerprint density at radius 3 is 2.58 bits per heavy atom. The van der Waals surface area contributed by atoms with E-state index < -0.39 is 38.2 Å². The quantitative estimate of drug-likeness (QED) is 0.457. The normalized spacial score (nSPS) is 35.6. The molecule has 0 aromatic heterocycles. The van der Waals surface area contributed by atoms with Gasteiger partial charge in [0.25, 0.3) is 0 Å². The summed E-state index contributed by atoms with van der Waals surface area (Å²) in [4.78, 5) is 10.9. The van der Waals surface area contributed by atoms with Crippen LogP contribution in [0.25, 0.3) is 0 Å². The zero-order valence-electron chi connectivity index (χ0n) is 5.95. The molecule has 0 aromatic carbocycles. The zero-order valence-corrected chi connectivity index (χ0v) is 6.85. The first kappa shape index (κ1) is 9.70. The zero-order chi connectivity index (χ0) is 9.30. The first-order valence-electron chi connectivity index (χ1n) is 3.20. The van der Waals surface area contributed by atoms with Gasteiger partial charge in [-0.25, -0.2) is 4.79 Å². The minimum atomic E-state index is -2.49. The van der Waals surface area contributed by atoms with E-state index in [9.17, 15) is 9.36 Å². The number of carbonyl (C=O) groups is 1. The van der Waals surface area contributed by atoms with Crippen molar-refractivity contribution in [2.45, 2.75) is 18.2 Å². The lowest BCUT2D eigenvalue weighted by Crippen LogP contribution is -2.34. The van der Waals surface area contributed by atoms with Crippen LogP contribution in [0, 0.1) is 0 Å². The number of carbonyl (C=O) groups excluding carboxylic acids is 1. The Morgan fingerprint density at radius 1 is 1.67 bits per heavy atom. The highest BCUT2D eigenvalue weighted by atomic mass is 31.1. The lowest BCUT2D eigenvalue weighted by atomic mass is 10.2. The van der Waals surface area contributed by atoms with Gasteiger partial charge in [0.2, 0.25) is 6.10 Å². The third-order valence-electron chi connectivity index (χ3n) is 1.47. The van der Waals surface area contributed by atoms with Gasteiger partial charge in [0, 0.05) is 0 Å². The van der Waals surface area contributed by atoms with Crippen LogP contribution in [-0.2, 0) is 14.1 Å². The number of ether oxygens (including phenoxy) is 1. The maximum atomic E-state index is 10.9. The Labute approximate surface area is 68.6 Å². The molecule has 3 N–H and O–H groups in total. The van der Waals surface area contributed by atoms with Gasteiger partial charge < -0.3 is 15.3 Å². The van der Waals surface area contributed by atoms with Crippen molar-refractivity contribution in [1.29, 1.82) is 0 Å². The van der Waals surface area contributed by atoms with Crippen LogP contribution in [0.4, 0.5) is 0 Å². The van der Waals surface area contributed by atoms with E-state index in [4.69, 9.17) is 15.3 Å². The van der Waals surface area contributed by atoms with Crippen LogP contribution in [0.5, 0.6) is 0 Å². The van der Waals surface area contributed by atoms with Crippen LogP contribution in [0.3, 0.4) is 0 Å². The van der Waals surface area contributed by atoms with Crippen molar-refractivity contribution in [2.24, 2.45) is 0 Å². The maximum Gasteiger partial charge on any atom is 0.480 e. The van der Waals surface area contributed by atoms with Crippen LogP contribution in [0.1, 0.15) is 0 Å². The highest BCUT2D eigenvalue weighted by molar-refractivity contribution is 7.64. The Kier molecular flexibility index (Phi) is 2.87. The molecular weight excluding hydrogens is 187 g/mol. The molecular formula is C5H8O6P+. The van der Waals surface area contributed by atoms with Crippen molar-refractivity contribution in [1.82, 2.24) is 0 Å². The van der Waals surface area contributed by atoms with E-state index >= 15 is 0 Å². The predicted octanol–water partition coefficient (Wildman–Crippen LogP) is -1.63. The van der Waals surface area contributed by atoms with Gasteiger partial charge in [-0.15, -0.1) is 0 Å². The van der Waals surface area contributed by atoms with Crippen LogP contribution in [-0.4, -0.2) is 45.7 Å². The summed E-state index contributed by atoms with van der Waals surface area (Å²) in [5.41, 5.74) is -0.862. The van der Waals surface area contributed by atoms with Crippen LogP contribution < -0.4 is 0 Å². The smallest absolute Gasteiger partial charge is 0.394 e. The summed E-state index contributed by atoms with van der Waals surface area (Å²) < 4.78 is 15.2. The highest BCUT2D eigenvalue weighted by Crippen LogP contribution is 2.39. The molecule has 0 amide bonds. The van der Waals surface area contributed by atoms with E-state index in [1.807, 2.05) is 0 Å². The summed E-state index contributed by atoms with van der Waals surface area (Å²) >= 11 is 0. The van der Waals surface area contributed by atoms with Crippen molar-refractivity contribution in [2.75, 3.05) is 6.61 Å². The van der Waals surface area contributed by atoms with Gasteiger partial charge in [-0.3, -0.25) is 4.74 Å². The Morgan fingerprint density at radius 2 is 2.25 bits per heavy atom. The SMILES string of the molecule is O=C1[C@@H]([C@@H](O)CO)OC(O)[P+]1=O. The van der Waals surface area contributed by atoms with Crippen LogP contribution >= 0.6 is 7.80 Å². The molecule has 0 bridgehead atoms. The van der Waals surface area contributed by atoms with Crippen molar-refractivity contribution in [3.8, 4) is 0 Å². The summed E-state index contributed by atoms with van der Waals surface area (Å²) in [7, 11) is -2.49. The van der Waals surface area contributed by atoms with Gasteiger partial charge in [-0.05, 0) is 0 Å².